The average molecular weight is 498 g/mol. The van der Waals surface area contributed by atoms with Gasteiger partial charge >= 0.3 is 12.1 Å². The number of hydrogen-bond acceptors (Lipinski definition) is 5. The van der Waals surface area contributed by atoms with Crippen LogP contribution < -0.4 is 14.8 Å². The number of carbonyl (C=O) groups is 2. The normalized spacial score (nSPS) is 12.1. The molecule has 0 fully saturated rings. The summed E-state index contributed by atoms with van der Waals surface area (Å²) in [7, 11) is 1.56. The lowest BCUT2D eigenvalue weighted by atomic mass is 10.0. The van der Waals surface area contributed by atoms with Gasteiger partial charge in [0.25, 0.3) is 0 Å². The highest BCUT2D eigenvalue weighted by atomic mass is 79.9. The molecule has 0 bridgehead atoms. The summed E-state index contributed by atoms with van der Waals surface area (Å²) in [6.45, 7) is 5.13. The first kappa shape index (κ1) is 24.5. The van der Waals surface area contributed by atoms with Crippen LogP contribution in [0.5, 0.6) is 11.5 Å². The van der Waals surface area contributed by atoms with E-state index >= 15 is 0 Å². The van der Waals surface area contributed by atoms with Crippen LogP contribution in [0.2, 0.25) is 0 Å². The number of carboxylic acids is 1. The molecule has 7 nitrogen and oxygen atoms in total. The highest BCUT2D eigenvalue weighted by Crippen LogP contribution is 2.33. The van der Waals surface area contributed by atoms with E-state index in [1.807, 2.05) is 0 Å². The van der Waals surface area contributed by atoms with Gasteiger partial charge in [0.15, 0.2) is 0 Å². The summed E-state index contributed by atoms with van der Waals surface area (Å²) in [6.07, 6.45) is -0.993. The largest absolute Gasteiger partial charge is 0.497 e. The molecule has 0 aromatic heterocycles. The molecule has 1 atom stereocenters. The van der Waals surface area contributed by atoms with Crippen molar-refractivity contribution in [3.05, 3.63) is 57.8 Å². The number of amides is 1. The zero-order chi connectivity index (χ0) is 23.2. The molecule has 0 aliphatic heterocycles. The van der Waals surface area contributed by atoms with E-state index in [-0.39, 0.29) is 23.2 Å². The second-order valence-corrected chi connectivity index (χ2v) is 8.52. The van der Waals surface area contributed by atoms with Gasteiger partial charge in [0.2, 0.25) is 0 Å². The Morgan fingerprint density at radius 3 is 2.35 bits per heavy atom. The second kappa shape index (κ2) is 10.5. The Hall–Kier alpha value is -2.81. The Morgan fingerprint density at radius 2 is 1.81 bits per heavy atom. The Balaban J connectivity index is 2.21. The molecule has 2 aromatic carbocycles. The highest BCUT2D eigenvalue weighted by molar-refractivity contribution is 9.10. The summed E-state index contributed by atoms with van der Waals surface area (Å²) < 4.78 is 30.3. The Kier molecular flexibility index (Phi) is 8.27. The molecule has 0 saturated heterocycles. The fourth-order valence-electron chi connectivity index (χ4n) is 2.64. The Morgan fingerprint density at radius 1 is 1.16 bits per heavy atom. The molecule has 0 radical (unpaired) electrons. The molecular weight excluding hydrogens is 473 g/mol. The summed E-state index contributed by atoms with van der Waals surface area (Å²) in [5.41, 5.74) is 0.438. The number of rotatable bonds is 8. The van der Waals surface area contributed by atoms with Crippen LogP contribution >= 0.6 is 15.9 Å². The number of ether oxygens (including phenoxy) is 3. The lowest BCUT2D eigenvalue weighted by molar-refractivity contribution is -0.139. The van der Waals surface area contributed by atoms with Crippen molar-refractivity contribution in [1.82, 2.24) is 5.32 Å². The monoisotopic (exact) mass is 497 g/mol. The Labute approximate surface area is 188 Å². The van der Waals surface area contributed by atoms with Crippen molar-refractivity contribution >= 4 is 28.0 Å². The first-order valence-electron chi connectivity index (χ1n) is 9.45. The van der Waals surface area contributed by atoms with Gasteiger partial charge in [-0.15, -0.1) is 0 Å². The van der Waals surface area contributed by atoms with Crippen molar-refractivity contribution in [3.8, 4) is 11.5 Å². The van der Waals surface area contributed by atoms with Crippen molar-refractivity contribution in [1.29, 1.82) is 0 Å². The molecule has 9 heteroatoms. The van der Waals surface area contributed by atoms with Crippen LogP contribution in [0.25, 0.3) is 0 Å². The van der Waals surface area contributed by atoms with Gasteiger partial charge in [-0.2, -0.15) is 0 Å². The van der Waals surface area contributed by atoms with Gasteiger partial charge in [0.1, 0.15) is 35.6 Å². The number of halogens is 2. The minimum atomic E-state index is -1.30. The molecular formula is C22H25BrFNO6. The average Bonchev–Trinajstić information content (AvgIpc) is 2.68. The van der Waals surface area contributed by atoms with Crippen molar-refractivity contribution in [2.24, 2.45) is 0 Å². The molecule has 1 amide bonds. The van der Waals surface area contributed by atoms with Crippen LogP contribution in [-0.2, 0) is 22.6 Å². The van der Waals surface area contributed by atoms with E-state index in [0.29, 0.717) is 11.3 Å². The van der Waals surface area contributed by atoms with Crippen LogP contribution in [0.1, 0.15) is 31.9 Å². The zero-order valence-electron chi connectivity index (χ0n) is 17.7. The second-order valence-electron chi connectivity index (χ2n) is 7.73. The summed E-state index contributed by atoms with van der Waals surface area (Å²) in [5, 5.41) is 11.9. The molecule has 2 N–H and O–H groups in total. The third-order valence-electron chi connectivity index (χ3n) is 4.09. The molecule has 0 aliphatic carbocycles. The van der Waals surface area contributed by atoms with Crippen molar-refractivity contribution in [3.63, 3.8) is 0 Å². The standard InChI is InChI=1S/C22H25BrFNO6/c1-22(2,3)31-21(28)25-17(20(26)27)11-14-7-10-16(24)18(23)19(14)30-12-13-5-8-15(29-4)9-6-13/h5-10,17H,11-12H2,1-4H3,(H,25,28)(H,26,27)/t17-/m0/s1. The van der Waals surface area contributed by atoms with Gasteiger partial charge in [-0.25, -0.2) is 14.0 Å². The van der Waals surface area contributed by atoms with Crippen molar-refractivity contribution < 1.29 is 33.3 Å². The van der Waals surface area contributed by atoms with Crippen LogP contribution in [-0.4, -0.2) is 35.9 Å². The van der Waals surface area contributed by atoms with Gasteiger partial charge in [-0.3, -0.25) is 0 Å². The maximum absolute atomic E-state index is 14.1. The number of methoxy groups -OCH3 is 1. The van der Waals surface area contributed by atoms with Crippen LogP contribution in [0.3, 0.4) is 0 Å². The van der Waals surface area contributed by atoms with E-state index in [1.54, 1.807) is 52.1 Å². The number of benzene rings is 2. The number of carbonyl (C=O) groups excluding carboxylic acids is 1. The van der Waals surface area contributed by atoms with E-state index in [0.717, 1.165) is 5.56 Å². The van der Waals surface area contributed by atoms with Gasteiger partial charge in [0.05, 0.1) is 11.6 Å². The van der Waals surface area contributed by atoms with Gasteiger partial charge in [0, 0.05) is 6.42 Å². The van der Waals surface area contributed by atoms with E-state index in [2.05, 4.69) is 21.2 Å². The van der Waals surface area contributed by atoms with E-state index < -0.39 is 29.5 Å². The maximum Gasteiger partial charge on any atom is 0.408 e. The van der Waals surface area contributed by atoms with E-state index in [4.69, 9.17) is 14.2 Å². The SMILES string of the molecule is COc1ccc(COc2c(C[C@H](NC(=O)OC(C)(C)C)C(=O)O)ccc(F)c2Br)cc1. The van der Waals surface area contributed by atoms with Crippen molar-refractivity contribution in [2.75, 3.05) is 7.11 Å². The number of alkyl carbamates (subject to hydrolysis) is 1. The third-order valence-corrected chi connectivity index (χ3v) is 4.83. The topological polar surface area (TPSA) is 94.1 Å². The minimum Gasteiger partial charge on any atom is -0.497 e. The van der Waals surface area contributed by atoms with Crippen LogP contribution in [0.4, 0.5) is 9.18 Å². The Bertz CT molecular complexity index is 927. The van der Waals surface area contributed by atoms with Crippen molar-refractivity contribution in [2.45, 2.75) is 45.4 Å². The number of carboxylic acid groups (broad SMARTS) is 1. The van der Waals surface area contributed by atoms with Crippen LogP contribution in [0.15, 0.2) is 40.9 Å². The number of hydrogen-bond donors (Lipinski definition) is 2. The van der Waals surface area contributed by atoms with Gasteiger partial charge in [-0.1, -0.05) is 18.2 Å². The molecule has 0 heterocycles. The molecule has 2 aromatic rings. The first-order valence-corrected chi connectivity index (χ1v) is 10.2. The highest BCUT2D eigenvalue weighted by Gasteiger charge is 2.26. The molecule has 0 unspecified atom stereocenters. The minimum absolute atomic E-state index is 0.0694. The van der Waals surface area contributed by atoms with E-state index in [1.165, 1.54) is 12.1 Å². The summed E-state index contributed by atoms with van der Waals surface area (Å²) in [5.74, 6) is -0.963. The van der Waals surface area contributed by atoms with Crippen LogP contribution in [0, 0.1) is 5.82 Å². The fraction of sp³-hybridized carbons (Fsp3) is 0.364. The van der Waals surface area contributed by atoms with E-state index in [9.17, 15) is 19.1 Å². The maximum atomic E-state index is 14.1. The molecule has 0 saturated carbocycles. The smallest absolute Gasteiger partial charge is 0.408 e. The summed E-state index contributed by atoms with van der Waals surface area (Å²) in [4.78, 5) is 23.7. The van der Waals surface area contributed by atoms with Gasteiger partial charge in [-0.05, 0) is 66.0 Å². The zero-order valence-corrected chi connectivity index (χ0v) is 19.3. The predicted molar refractivity (Wildman–Crippen MR) is 116 cm³/mol. The predicted octanol–water partition coefficient (Wildman–Crippen LogP) is 4.70. The quantitative estimate of drug-likeness (QED) is 0.548. The summed E-state index contributed by atoms with van der Waals surface area (Å²) in [6, 6.07) is 8.47. The number of aliphatic carboxylic acids is 1. The fourth-order valence-corrected chi connectivity index (χ4v) is 3.14. The van der Waals surface area contributed by atoms with Gasteiger partial charge < -0.3 is 24.6 Å². The molecule has 31 heavy (non-hydrogen) atoms. The summed E-state index contributed by atoms with van der Waals surface area (Å²) >= 11 is 3.17. The lowest BCUT2D eigenvalue weighted by Crippen LogP contribution is -2.44. The lowest BCUT2D eigenvalue weighted by Gasteiger charge is -2.22. The molecule has 2 rings (SSSR count). The third kappa shape index (κ3) is 7.43. The molecule has 168 valence electrons. The molecule has 0 spiro atoms. The number of nitrogens with one attached hydrogen (secondary N) is 1. The molecule has 0 aliphatic rings. The first-order chi connectivity index (χ1) is 14.5.